The Balaban J connectivity index is 1.54. The molecule has 1 atom stereocenters. The number of rotatable bonds is 8. The molecule has 0 saturated carbocycles. The maximum absolute atomic E-state index is 13.2. The number of anilines is 1. The highest BCUT2D eigenvalue weighted by Gasteiger charge is 2.24. The molecule has 0 aliphatic rings. The maximum Gasteiger partial charge on any atom is 0.273 e. The lowest BCUT2D eigenvalue weighted by atomic mass is 10.0. The molecule has 1 heterocycles. The molecule has 9 nitrogen and oxygen atoms in total. The van der Waals surface area contributed by atoms with Gasteiger partial charge in [0, 0.05) is 33.7 Å². The second kappa shape index (κ2) is 11.2. The van der Waals surface area contributed by atoms with Crippen molar-refractivity contribution in [2.24, 2.45) is 0 Å². The second-order valence-corrected chi connectivity index (χ2v) is 9.78. The van der Waals surface area contributed by atoms with E-state index in [1.807, 2.05) is 54.6 Å². The molecule has 1 aromatic heterocycles. The van der Waals surface area contributed by atoms with E-state index in [4.69, 9.17) is 0 Å². The van der Waals surface area contributed by atoms with Gasteiger partial charge in [0.05, 0.1) is 4.92 Å². The molecule has 182 valence electrons. The van der Waals surface area contributed by atoms with Crippen LogP contribution in [0.25, 0.3) is 10.6 Å². The van der Waals surface area contributed by atoms with E-state index in [9.17, 15) is 19.7 Å². The molecule has 0 fully saturated rings. The number of hydrogen-bond acceptors (Lipinski definition) is 7. The van der Waals surface area contributed by atoms with Crippen LogP contribution in [0.1, 0.15) is 21.5 Å². The molecule has 3 aromatic carbocycles. The number of nitro benzene ring substituents is 1. The fraction of sp³-hybridized carbons (Fsp3) is 0.120. The molecule has 0 aliphatic carbocycles. The molecule has 1 unspecified atom stereocenters. The Bertz CT molecular complexity index is 1410. The number of nitro groups is 1. The number of nitrogens with zero attached hydrogens (tertiary/aromatic N) is 3. The number of halogens is 1. The molecule has 0 bridgehead atoms. The lowest BCUT2D eigenvalue weighted by Crippen LogP contribution is -2.45. The van der Waals surface area contributed by atoms with E-state index in [1.54, 1.807) is 6.92 Å². The number of aryl methyl sites for hydroxylation is 1. The average Bonchev–Trinajstić information content (AvgIpc) is 3.33. The Morgan fingerprint density at radius 3 is 2.47 bits per heavy atom. The first-order valence-electron chi connectivity index (χ1n) is 10.8. The van der Waals surface area contributed by atoms with Crippen molar-refractivity contribution in [3.63, 3.8) is 0 Å². The molecule has 2 N–H and O–H groups in total. The van der Waals surface area contributed by atoms with Gasteiger partial charge in [0.2, 0.25) is 11.0 Å². The summed E-state index contributed by atoms with van der Waals surface area (Å²) in [4.78, 5) is 36.9. The van der Waals surface area contributed by atoms with Crippen LogP contribution in [0.4, 0.5) is 10.8 Å². The molecule has 2 amide bonds. The Morgan fingerprint density at radius 2 is 1.78 bits per heavy atom. The Kier molecular flexibility index (Phi) is 7.81. The zero-order chi connectivity index (χ0) is 25.7. The van der Waals surface area contributed by atoms with Gasteiger partial charge >= 0.3 is 0 Å². The van der Waals surface area contributed by atoms with Crippen molar-refractivity contribution in [1.82, 2.24) is 15.5 Å². The van der Waals surface area contributed by atoms with Crippen LogP contribution in [0, 0.1) is 17.0 Å². The third-order valence-corrected chi connectivity index (χ3v) is 6.74. The smallest absolute Gasteiger partial charge is 0.273 e. The van der Waals surface area contributed by atoms with Gasteiger partial charge in [-0.2, -0.15) is 0 Å². The standard InChI is InChI=1S/C25H20BrN5O4S/c1-15-7-8-18(14-21(15)31(34)35)22(32)27-20(13-16-5-3-2-4-6-16)23(33)28-25-30-29-24(36-25)17-9-11-19(26)12-10-17/h2-12,14,20H,13H2,1H3,(H,27,32)(H,28,30,33). The van der Waals surface area contributed by atoms with Crippen molar-refractivity contribution in [1.29, 1.82) is 0 Å². The molecular weight excluding hydrogens is 546 g/mol. The van der Waals surface area contributed by atoms with Gasteiger partial charge < -0.3 is 5.32 Å². The van der Waals surface area contributed by atoms with Crippen LogP contribution < -0.4 is 10.6 Å². The number of hydrogen-bond donors (Lipinski definition) is 2. The van der Waals surface area contributed by atoms with Crippen LogP contribution in [0.3, 0.4) is 0 Å². The third kappa shape index (κ3) is 6.18. The predicted octanol–water partition coefficient (Wildman–Crippen LogP) is 5.16. The van der Waals surface area contributed by atoms with E-state index in [0.717, 1.165) is 15.6 Å². The van der Waals surface area contributed by atoms with Crippen molar-refractivity contribution in [3.8, 4) is 10.6 Å². The first-order valence-corrected chi connectivity index (χ1v) is 12.4. The maximum atomic E-state index is 13.2. The molecule has 0 aliphatic heterocycles. The largest absolute Gasteiger partial charge is 0.340 e. The number of benzene rings is 3. The average molecular weight is 566 g/mol. The fourth-order valence-corrected chi connectivity index (χ4v) is 4.44. The minimum absolute atomic E-state index is 0.0894. The van der Waals surface area contributed by atoms with Crippen molar-refractivity contribution in [2.45, 2.75) is 19.4 Å². The normalized spacial score (nSPS) is 11.5. The minimum Gasteiger partial charge on any atom is -0.340 e. The van der Waals surface area contributed by atoms with Gasteiger partial charge in [-0.25, -0.2) is 0 Å². The molecular formula is C25H20BrN5O4S. The van der Waals surface area contributed by atoms with E-state index < -0.39 is 22.8 Å². The van der Waals surface area contributed by atoms with Gasteiger partial charge in [0.15, 0.2) is 0 Å². The summed E-state index contributed by atoms with van der Waals surface area (Å²) in [7, 11) is 0. The lowest BCUT2D eigenvalue weighted by Gasteiger charge is -2.18. The fourth-order valence-electron chi connectivity index (χ4n) is 3.42. The van der Waals surface area contributed by atoms with Crippen LogP contribution in [0.5, 0.6) is 0 Å². The second-order valence-electron chi connectivity index (χ2n) is 7.88. The van der Waals surface area contributed by atoms with E-state index in [1.165, 1.54) is 29.5 Å². The first-order chi connectivity index (χ1) is 17.3. The van der Waals surface area contributed by atoms with Crippen LogP contribution in [-0.2, 0) is 11.2 Å². The highest BCUT2D eigenvalue weighted by Crippen LogP contribution is 2.27. The number of carbonyl (C=O) groups is 2. The van der Waals surface area contributed by atoms with E-state index >= 15 is 0 Å². The topological polar surface area (TPSA) is 127 Å². The van der Waals surface area contributed by atoms with Gasteiger partial charge in [-0.05, 0) is 30.7 Å². The summed E-state index contributed by atoms with van der Waals surface area (Å²) in [5, 5.41) is 25.9. The summed E-state index contributed by atoms with van der Waals surface area (Å²) in [6, 6.07) is 20.0. The molecule has 4 rings (SSSR count). The molecule has 0 spiro atoms. The number of nitrogens with one attached hydrogen (secondary N) is 2. The highest BCUT2D eigenvalue weighted by molar-refractivity contribution is 9.10. The SMILES string of the molecule is Cc1ccc(C(=O)NC(Cc2ccccc2)C(=O)Nc2nnc(-c3ccc(Br)cc3)s2)cc1[N+](=O)[O-]. The van der Waals surface area contributed by atoms with E-state index in [2.05, 4.69) is 36.8 Å². The van der Waals surface area contributed by atoms with Crippen LogP contribution in [0.15, 0.2) is 77.3 Å². The number of carbonyl (C=O) groups excluding carboxylic acids is 2. The van der Waals surface area contributed by atoms with Crippen molar-refractivity contribution < 1.29 is 14.5 Å². The zero-order valence-electron chi connectivity index (χ0n) is 19.0. The van der Waals surface area contributed by atoms with E-state index in [-0.39, 0.29) is 22.8 Å². The Labute approximate surface area is 218 Å². The molecule has 0 radical (unpaired) electrons. The van der Waals surface area contributed by atoms with Gasteiger partial charge in [0.1, 0.15) is 11.0 Å². The zero-order valence-corrected chi connectivity index (χ0v) is 21.4. The van der Waals surface area contributed by atoms with Crippen LogP contribution >= 0.6 is 27.3 Å². The summed E-state index contributed by atoms with van der Waals surface area (Å²) < 4.78 is 0.933. The molecule has 0 saturated heterocycles. The van der Waals surface area contributed by atoms with Crippen molar-refractivity contribution in [2.75, 3.05) is 5.32 Å². The first kappa shape index (κ1) is 25.1. The summed E-state index contributed by atoms with van der Waals surface area (Å²) >= 11 is 4.60. The molecule has 4 aromatic rings. The summed E-state index contributed by atoms with van der Waals surface area (Å²) in [5.41, 5.74) is 2.05. The molecule has 36 heavy (non-hydrogen) atoms. The Hall–Kier alpha value is -3.96. The van der Waals surface area contributed by atoms with Gasteiger partial charge in [-0.1, -0.05) is 75.8 Å². The van der Waals surface area contributed by atoms with Gasteiger partial charge in [-0.15, -0.1) is 10.2 Å². The van der Waals surface area contributed by atoms with Crippen LogP contribution in [-0.4, -0.2) is 33.0 Å². The van der Waals surface area contributed by atoms with Crippen LogP contribution in [0.2, 0.25) is 0 Å². The number of amides is 2. The Morgan fingerprint density at radius 1 is 1.06 bits per heavy atom. The van der Waals surface area contributed by atoms with E-state index in [0.29, 0.717) is 10.6 Å². The summed E-state index contributed by atoms with van der Waals surface area (Å²) in [6.07, 6.45) is 0.213. The highest BCUT2D eigenvalue weighted by atomic mass is 79.9. The summed E-state index contributed by atoms with van der Waals surface area (Å²) in [6.45, 7) is 1.59. The predicted molar refractivity (Wildman–Crippen MR) is 141 cm³/mol. The third-order valence-electron chi connectivity index (χ3n) is 5.32. The minimum atomic E-state index is -0.958. The summed E-state index contributed by atoms with van der Waals surface area (Å²) in [5.74, 6) is -1.07. The molecule has 11 heteroatoms. The van der Waals surface area contributed by atoms with Crippen molar-refractivity contribution >= 4 is 49.9 Å². The van der Waals surface area contributed by atoms with Gasteiger partial charge in [0.25, 0.3) is 11.6 Å². The monoisotopic (exact) mass is 565 g/mol. The van der Waals surface area contributed by atoms with Crippen molar-refractivity contribution in [3.05, 3.63) is 104 Å². The quantitative estimate of drug-likeness (QED) is 0.224. The number of aromatic nitrogens is 2. The van der Waals surface area contributed by atoms with Gasteiger partial charge in [-0.3, -0.25) is 25.0 Å². The lowest BCUT2D eigenvalue weighted by molar-refractivity contribution is -0.385.